The molecule has 1 heterocycles. The first-order valence-corrected chi connectivity index (χ1v) is 5.21. The molecular weight excluding hydrogens is 252 g/mol. The molecule has 0 saturated heterocycles. The molecule has 94 valence electrons. The number of rotatable bonds is 4. The van der Waals surface area contributed by atoms with Gasteiger partial charge in [-0.15, -0.1) is 12.4 Å². The zero-order chi connectivity index (χ0) is 12.1. The zero-order valence-electron chi connectivity index (χ0n) is 9.61. The van der Waals surface area contributed by atoms with E-state index in [0.717, 1.165) is 11.3 Å². The standard InChI is InChI=1S/C12H12N4O.ClH/c13-7-4-8-16(14)12-15-11(9-17-12)10-5-2-1-3-6-10;/h1-3,5-6,9H,4,8,14H2;1H. The van der Waals surface area contributed by atoms with Gasteiger partial charge in [0, 0.05) is 5.56 Å². The van der Waals surface area contributed by atoms with Crippen LogP contribution in [0.4, 0.5) is 6.01 Å². The lowest BCUT2D eigenvalue weighted by molar-refractivity contribution is 0.538. The van der Waals surface area contributed by atoms with Gasteiger partial charge in [-0.25, -0.2) is 5.84 Å². The van der Waals surface area contributed by atoms with Crippen molar-refractivity contribution in [3.63, 3.8) is 0 Å². The van der Waals surface area contributed by atoms with Crippen molar-refractivity contribution in [3.8, 4) is 17.3 Å². The second-order valence-electron chi connectivity index (χ2n) is 3.48. The summed E-state index contributed by atoms with van der Waals surface area (Å²) in [6.45, 7) is 0.394. The Morgan fingerprint density at radius 1 is 1.33 bits per heavy atom. The molecule has 0 bridgehead atoms. The van der Waals surface area contributed by atoms with Gasteiger partial charge < -0.3 is 4.42 Å². The highest BCUT2D eigenvalue weighted by Crippen LogP contribution is 2.21. The monoisotopic (exact) mass is 264 g/mol. The number of nitrogens with zero attached hydrogens (tertiary/aromatic N) is 3. The third-order valence-electron chi connectivity index (χ3n) is 2.27. The number of halogens is 1. The van der Waals surface area contributed by atoms with Crippen LogP contribution >= 0.6 is 12.4 Å². The van der Waals surface area contributed by atoms with E-state index in [1.165, 1.54) is 5.01 Å². The van der Waals surface area contributed by atoms with E-state index < -0.39 is 0 Å². The first-order valence-electron chi connectivity index (χ1n) is 5.21. The number of hydrazine groups is 1. The maximum absolute atomic E-state index is 8.46. The van der Waals surface area contributed by atoms with Gasteiger partial charge in [0.05, 0.1) is 19.0 Å². The van der Waals surface area contributed by atoms with Gasteiger partial charge in [-0.3, -0.25) is 5.01 Å². The SMILES string of the molecule is Cl.N#CCCN(N)c1nc(-c2ccccc2)co1. The minimum Gasteiger partial charge on any atom is -0.430 e. The Morgan fingerprint density at radius 2 is 2.06 bits per heavy atom. The normalized spacial score (nSPS) is 9.33. The van der Waals surface area contributed by atoms with E-state index in [1.54, 1.807) is 6.26 Å². The number of nitriles is 1. The summed E-state index contributed by atoms with van der Waals surface area (Å²) in [6.07, 6.45) is 1.89. The van der Waals surface area contributed by atoms with Crippen LogP contribution in [0.2, 0.25) is 0 Å². The highest BCUT2D eigenvalue weighted by molar-refractivity contribution is 5.85. The van der Waals surface area contributed by atoms with Gasteiger partial charge in [0.1, 0.15) is 12.0 Å². The molecule has 0 atom stereocenters. The Hall–Kier alpha value is -2.03. The van der Waals surface area contributed by atoms with E-state index in [9.17, 15) is 0 Å². The van der Waals surface area contributed by atoms with Gasteiger partial charge in [0.25, 0.3) is 0 Å². The number of aromatic nitrogens is 1. The highest BCUT2D eigenvalue weighted by Gasteiger charge is 2.10. The summed E-state index contributed by atoms with van der Waals surface area (Å²) in [6, 6.07) is 12.0. The van der Waals surface area contributed by atoms with Gasteiger partial charge in [0.15, 0.2) is 0 Å². The molecule has 0 spiro atoms. The van der Waals surface area contributed by atoms with Crippen LogP contribution in [0.25, 0.3) is 11.3 Å². The molecule has 6 heteroatoms. The second kappa shape index (κ2) is 6.64. The third kappa shape index (κ3) is 3.23. The third-order valence-corrected chi connectivity index (χ3v) is 2.27. The van der Waals surface area contributed by atoms with Crippen molar-refractivity contribution in [2.75, 3.05) is 11.6 Å². The van der Waals surface area contributed by atoms with Gasteiger partial charge in [-0.1, -0.05) is 30.3 Å². The van der Waals surface area contributed by atoms with E-state index in [-0.39, 0.29) is 12.4 Å². The molecule has 0 aliphatic rings. The van der Waals surface area contributed by atoms with E-state index in [4.69, 9.17) is 15.5 Å². The molecule has 1 aromatic heterocycles. The van der Waals surface area contributed by atoms with Crippen molar-refractivity contribution >= 4 is 18.4 Å². The summed E-state index contributed by atoms with van der Waals surface area (Å²) in [4.78, 5) is 4.26. The Morgan fingerprint density at radius 3 is 2.72 bits per heavy atom. The fourth-order valence-electron chi connectivity index (χ4n) is 1.40. The maximum atomic E-state index is 8.46. The summed E-state index contributed by atoms with van der Waals surface area (Å²) >= 11 is 0. The number of anilines is 1. The summed E-state index contributed by atoms with van der Waals surface area (Å²) in [5.41, 5.74) is 1.70. The lowest BCUT2D eigenvalue weighted by Crippen LogP contribution is -2.31. The molecule has 5 nitrogen and oxygen atoms in total. The van der Waals surface area contributed by atoms with Crippen molar-refractivity contribution in [1.82, 2.24) is 4.98 Å². The summed E-state index contributed by atoms with van der Waals surface area (Å²) in [5, 5.41) is 9.79. The highest BCUT2D eigenvalue weighted by atomic mass is 35.5. The molecular formula is C12H13ClN4O. The van der Waals surface area contributed by atoms with Crippen LogP contribution in [0.1, 0.15) is 6.42 Å². The maximum Gasteiger partial charge on any atom is 0.312 e. The number of oxazole rings is 1. The molecule has 1 aromatic carbocycles. The van der Waals surface area contributed by atoms with Gasteiger partial charge in [0.2, 0.25) is 0 Å². The second-order valence-corrected chi connectivity index (χ2v) is 3.48. The minimum absolute atomic E-state index is 0. The molecule has 0 aliphatic carbocycles. The summed E-state index contributed by atoms with van der Waals surface area (Å²) in [7, 11) is 0. The molecule has 0 amide bonds. The molecule has 0 aliphatic heterocycles. The van der Waals surface area contributed by atoms with Gasteiger partial charge in [-0.2, -0.15) is 10.2 Å². The Balaban J connectivity index is 0.00000162. The number of benzene rings is 1. The first kappa shape index (κ1) is 14.0. The smallest absolute Gasteiger partial charge is 0.312 e. The van der Waals surface area contributed by atoms with Crippen LogP contribution in [0, 0.1) is 11.3 Å². The Labute approximate surface area is 111 Å². The molecule has 18 heavy (non-hydrogen) atoms. The van der Waals surface area contributed by atoms with Gasteiger partial charge in [-0.05, 0) is 0 Å². The molecule has 2 rings (SSSR count). The predicted octanol–water partition coefficient (Wildman–Crippen LogP) is 2.36. The molecule has 0 saturated carbocycles. The quantitative estimate of drug-likeness (QED) is 0.677. The lowest BCUT2D eigenvalue weighted by Gasteiger charge is -2.10. The summed E-state index contributed by atoms with van der Waals surface area (Å²) in [5.74, 6) is 5.70. The first-order chi connectivity index (χ1) is 8.31. The fraction of sp³-hybridized carbons (Fsp3) is 0.167. The zero-order valence-corrected chi connectivity index (χ0v) is 10.4. The van der Waals surface area contributed by atoms with Crippen molar-refractivity contribution in [3.05, 3.63) is 36.6 Å². The molecule has 0 fully saturated rings. The Bertz CT molecular complexity index is 520. The van der Waals surface area contributed by atoms with Crippen LogP contribution in [0.3, 0.4) is 0 Å². The largest absolute Gasteiger partial charge is 0.430 e. The fourth-order valence-corrected chi connectivity index (χ4v) is 1.40. The lowest BCUT2D eigenvalue weighted by atomic mass is 10.2. The molecule has 2 aromatic rings. The predicted molar refractivity (Wildman–Crippen MR) is 71.0 cm³/mol. The average Bonchev–Trinajstić information content (AvgIpc) is 2.86. The van der Waals surface area contributed by atoms with E-state index in [2.05, 4.69) is 4.98 Å². The molecule has 2 N–H and O–H groups in total. The number of nitrogens with two attached hydrogens (primary N) is 1. The molecule has 0 unspecified atom stereocenters. The van der Waals surface area contributed by atoms with Crippen molar-refractivity contribution in [1.29, 1.82) is 5.26 Å². The van der Waals surface area contributed by atoms with Crippen LogP contribution < -0.4 is 10.9 Å². The van der Waals surface area contributed by atoms with E-state index in [1.807, 2.05) is 36.4 Å². The Kier molecular flexibility index (Phi) is 5.18. The topological polar surface area (TPSA) is 79.1 Å². The van der Waals surface area contributed by atoms with Crippen LogP contribution in [-0.4, -0.2) is 11.5 Å². The van der Waals surface area contributed by atoms with Crippen molar-refractivity contribution in [2.24, 2.45) is 5.84 Å². The van der Waals surface area contributed by atoms with Crippen molar-refractivity contribution < 1.29 is 4.42 Å². The minimum atomic E-state index is 0. The van der Waals surface area contributed by atoms with E-state index >= 15 is 0 Å². The van der Waals surface area contributed by atoms with Crippen LogP contribution in [-0.2, 0) is 0 Å². The van der Waals surface area contributed by atoms with Crippen LogP contribution in [0.5, 0.6) is 0 Å². The average molecular weight is 265 g/mol. The van der Waals surface area contributed by atoms with E-state index in [0.29, 0.717) is 19.0 Å². The van der Waals surface area contributed by atoms with Gasteiger partial charge >= 0.3 is 6.01 Å². The van der Waals surface area contributed by atoms with Crippen LogP contribution in [0.15, 0.2) is 41.0 Å². The number of hydrogen-bond acceptors (Lipinski definition) is 5. The number of hydrogen-bond donors (Lipinski definition) is 1. The van der Waals surface area contributed by atoms with Crippen molar-refractivity contribution in [2.45, 2.75) is 6.42 Å². The molecule has 0 radical (unpaired) electrons. The summed E-state index contributed by atoms with van der Waals surface area (Å²) < 4.78 is 5.26.